The summed E-state index contributed by atoms with van der Waals surface area (Å²) in [4.78, 5) is 0. The van der Waals surface area contributed by atoms with Crippen LogP contribution in [-0.2, 0) is 12.3 Å². The molecule has 0 aliphatic heterocycles. The summed E-state index contributed by atoms with van der Waals surface area (Å²) in [5, 5.41) is 10.7. The summed E-state index contributed by atoms with van der Waals surface area (Å²) in [6.07, 6.45) is 1.51. The summed E-state index contributed by atoms with van der Waals surface area (Å²) in [6, 6.07) is 13.0. The normalized spacial score (nSPS) is 11.9. The first-order chi connectivity index (χ1) is 14.0. The van der Waals surface area contributed by atoms with Crippen molar-refractivity contribution in [3.8, 4) is 11.5 Å². The molecule has 1 unspecified atom stereocenters. The lowest BCUT2D eigenvalue weighted by molar-refractivity contribution is 0.209. The lowest BCUT2D eigenvalue weighted by Crippen LogP contribution is -2.12. The van der Waals surface area contributed by atoms with Gasteiger partial charge in [0, 0.05) is 28.4 Å². The lowest BCUT2D eigenvalue weighted by atomic mass is 10.2. The van der Waals surface area contributed by atoms with Crippen molar-refractivity contribution >= 4 is 35.0 Å². The molecule has 0 saturated heterocycles. The standard InChI is InChI=1S/C21H21Cl2N3O2S/c1-4-10-26-20(14(2)28-18-7-5-6-17(12-18)27-3)24-25-21(26)29-13-15-8-9-16(22)11-19(15)23/h4-9,11-12,14H,1,10,13H2,2-3H3. The first kappa shape index (κ1) is 21.6. The predicted molar refractivity (Wildman–Crippen MR) is 118 cm³/mol. The van der Waals surface area contributed by atoms with Gasteiger partial charge in [-0.15, -0.1) is 16.8 Å². The van der Waals surface area contributed by atoms with Gasteiger partial charge in [0.25, 0.3) is 0 Å². The van der Waals surface area contributed by atoms with E-state index in [2.05, 4.69) is 16.8 Å². The minimum absolute atomic E-state index is 0.303. The highest BCUT2D eigenvalue weighted by atomic mass is 35.5. The van der Waals surface area contributed by atoms with E-state index in [-0.39, 0.29) is 6.10 Å². The SMILES string of the molecule is C=CCn1c(SCc2ccc(Cl)cc2Cl)nnc1C(C)Oc1cccc(OC)c1. The number of allylic oxidation sites excluding steroid dienone is 1. The molecule has 0 fully saturated rings. The van der Waals surface area contributed by atoms with E-state index in [1.54, 1.807) is 24.9 Å². The van der Waals surface area contributed by atoms with E-state index in [0.717, 1.165) is 22.3 Å². The van der Waals surface area contributed by atoms with Gasteiger partial charge in [-0.3, -0.25) is 4.57 Å². The third kappa shape index (κ3) is 5.47. The number of hydrogen-bond donors (Lipinski definition) is 0. The summed E-state index contributed by atoms with van der Waals surface area (Å²) >= 11 is 13.8. The molecule has 0 spiro atoms. The van der Waals surface area contributed by atoms with Crippen molar-refractivity contribution < 1.29 is 9.47 Å². The number of benzene rings is 2. The molecule has 0 amide bonds. The van der Waals surface area contributed by atoms with Crippen LogP contribution in [0.3, 0.4) is 0 Å². The lowest BCUT2D eigenvalue weighted by Gasteiger charge is -2.16. The molecule has 0 radical (unpaired) electrons. The second kappa shape index (κ2) is 10.1. The van der Waals surface area contributed by atoms with E-state index in [9.17, 15) is 0 Å². The average Bonchev–Trinajstić information content (AvgIpc) is 3.10. The van der Waals surface area contributed by atoms with E-state index < -0.39 is 0 Å². The van der Waals surface area contributed by atoms with Crippen LogP contribution >= 0.6 is 35.0 Å². The number of hydrogen-bond acceptors (Lipinski definition) is 5. The highest BCUT2D eigenvalue weighted by Gasteiger charge is 2.19. The highest BCUT2D eigenvalue weighted by Crippen LogP contribution is 2.30. The van der Waals surface area contributed by atoms with E-state index in [1.807, 2.05) is 54.0 Å². The molecule has 0 bridgehead atoms. The van der Waals surface area contributed by atoms with Gasteiger partial charge in [0.2, 0.25) is 0 Å². The third-order valence-electron chi connectivity index (χ3n) is 4.15. The van der Waals surface area contributed by atoms with Crippen LogP contribution in [0.5, 0.6) is 11.5 Å². The fourth-order valence-electron chi connectivity index (χ4n) is 2.72. The van der Waals surface area contributed by atoms with Crippen LogP contribution in [0.1, 0.15) is 24.4 Å². The predicted octanol–water partition coefficient (Wildman–Crippen LogP) is 6.21. The van der Waals surface area contributed by atoms with Gasteiger partial charge in [-0.2, -0.15) is 0 Å². The number of rotatable bonds is 9. The summed E-state index contributed by atoms with van der Waals surface area (Å²) < 4.78 is 13.3. The maximum atomic E-state index is 6.28. The first-order valence-electron chi connectivity index (χ1n) is 8.93. The minimum Gasteiger partial charge on any atom is -0.497 e. The van der Waals surface area contributed by atoms with Crippen LogP contribution in [0.2, 0.25) is 10.0 Å². The Morgan fingerprint density at radius 2 is 1.97 bits per heavy atom. The van der Waals surface area contributed by atoms with Gasteiger partial charge in [0.05, 0.1) is 7.11 Å². The van der Waals surface area contributed by atoms with Crippen molar-refractivity contribution in [2.75, 3.05) is 7.11 Å². The molecule has 3 rings (SSSR count). The summed E-state index contributed by atoms with van der Waals surface area (Å²) in [5.41, 5.74) is 0.983. The Balaban J connectivity index is 1.77. The van der Waals surface area contributed by atoms with Crippen molar-refractivity contribution in [2.45, 2.75) is 30.5 Å². The van der Waals surface area contributed by atoms with Gasteiger partial charge < -0.3 is 9.47 Å². The second-order valence-corrected chi connectivity index (χ2v) is 7.99. The van der Waals surface area contributed by atoms with Crippen LogP contribution in [0, 0.1) is 0 Å². The van der Waals surface area contributed by atoms with Gasteiger partial charge in [-0.25, -0.2) is 0 Å². The molecule has 3 aromatic rings. The fraction of sp³-hybridized carbons (Fsp3) is 0.238. The van der Waals surface area contributed by atoms with Gasteiger partial charge >= 0.3 is 0 Å². The molecule has 29 heavy (non-hydrogen) atoms. The number of aromatic nitrogens is 3. The Bertz CT molecular complexity index is 994. The minimum atomic E-state index is -0.303. The van der Waals surface area contributed by atoms with E-state index in [0.29, 0.717) is 28.1 Å². The molecule has 1 atom stereocenters. The van der Waals surface area contributed by atoms with Crippen molar-refractivity contribution in [2.24, 2.45) is 0 Å². The smallest absolute Gasteiger partial charge is 0.191 e. The monoisotopic (exact) mass is 449 g/mol. The van der Waals surface area contributed by atoms with Gasteiger partial charge in [0.1, 0.15) is 11.5 Å². The van der Waals surface area contributed by atoms with Gasteiger partial charge in [0.15, 0.2) is 17.1 Å². The van der Waals surface area contributed by atoms with E-state index >= 15 is 0 Å². The van der Waals surface area contributed by atoms with E-state index in [1.165, 1.54) is 0 Å². The molecule has 0 aliphatic carbocycles. The van der Waals surface area contributed by atoms with Crippen molar-refractivity contribution in [3.63, 3.8) is 0 Å². The summed E-state index contributed by atoms with van der Waals surface area (Å²) in [5.74, 6) is 2.80. The average molecular weight is 450 g/mol. The van der Waals surface area contributed by atoms with Crippen LogP contribution in [-0.4, -0.2) is 21.9 Å². The topological polar surface area (TPSA) is 49.2 Å². The Morgan fingerprint density at radius 1 is 1.17 bits per heavy atom. The molecule has 1 heterocycles. The molecule has 0 aliphatic rings. The zero-order valence-electron chi connectivity index (χ0n) is 16.1. The number of ether oxygens (including phenoxy) is 2. The Hall–Kier alpha value is -2.15. The van der Waals surface area contributed by atoms with Crippen LogP contribution in [0.4, 0.5) is 0 Å². The maximum absolute atomic E-state index is 6.28. The van der Waals surface area contributed by atoms with Gasteiger partial charge in [-0.05, 0) is 36.8 Å². The van der Waals surface area contributed by atoms with Crippen molar-refractivity contribution in [3.05, 3.63) is 76.6 Å². The molecule has 2 aromatic carbocycles. The zero-order chi connectivity index (χ0) is 20.8. The second-order valence-electron chi connectivity index (χ2n) is 6.20. The zero-order valence-corrected chi connectivity index (χ0v) is 18.5. The molecule has 0 N–H and O–H groups in total. The van der Waals surface area contributed by atoms with Crippen LogP contribution < -0.4 is 9.47 Å². The first-order valence-corrected chi connectivity index (χ1v) is 10.7. The molecule has 152 valence electrons. The maximum Gasteiger partial charge on any atom is 0.191 e. The van der Waals surface area contributed by atoms with Crippen molar-refractivity contribution in [1.82, 2.24) is 14.8 Å². The Morgan fingerprint density at radius 3 is 2.69 bits per heavy atom. The largest absolute Gasteiger partial charge is 0.497 e. The number of halogens is 2. The quantitative estimate of drug-likeness (QED) is 0.287. The molecule has 1 aromatic heterocycles. The van der Waals surface area contributed by atoms with Crippen LogP contribution in [0.15, 0.2) is 60.3 Å². The molecular formula is C21H21Cl2N3O2S. The third-order valence-corrected chi connectivity index (χ3v) is 5.75. The van der Waals surface area contributed by atoms with Crippen LogP contribution in [0.25, 0.3) is 0 Å². The molecule has 0 saturated carbocycles. The summed E-state index contributed by atoms with van der Waals surface area (Å²) in [6.45, 7) is 6.36. The molecule has 5 nitrogen and oxygen atoms in total. The van der Waals surface area contributed by atoms with E-state index in [4.69, 9.17) is 32.7 Å². The highest BCUT2D eigenvalue weighted by molar-refractivity contribution is 7.98. The Kier molecular flexibility index (Phi) is 7.47. The molecule has 8 heteroatoms. The fourth-order valence-corrected chi connectivity index (χ4v) is 4.23. The van der Waals surface area contributed by atoms with Gasteiger partial charge in [-0.1, -0.05) is 53.2 Å². The molecular weight excluding hydrogens is 429 g/mol. The Labute approximate surface area is 184 Å². The number of thioether (sulfide) groups is 1. The number of nitrogens with zero attached hydrogens (tertiary/aromatic N) is 3. The van der Waals surface area contributed by atoms with Crippen molar-refractivity contribution in [1.29, 1.82) is 0 Å². The summed E-state index contributed by atoms with van der Waals surface area (Å²) in [7, 11) is 1.62. The number of methoxy groups -OCH3 is 1.